The van der Waals surface area contributed by atoms with Crippen LogP contribution in [-0.4, -0.2) is 36.1 Å². The van der Waals surface area contributed by atoms with Crippen molar-refractivity contribution in [3.63, 3.8) is 0 Å². The number of nitrogens with zero attached hydrogens (tertiary/aromatic N) is 3. The van der Waals surface area contributed by atoms with Gasteiger partial charge < -0.3 is 10.2 Å². The molecule has 136 valence electrons. The number of carbonyl (C=O) groups is 1. The summed E-state index contributed by atoms with van der Waals surface area (Å²) in [5.74, 6) is 0. The lowest BCUT2D eigenvalue weighted by molar-refractivity contribution is 0.196. The molecule has 2 aromatic rings. The summed E-state index contributed by atoms with van der Waals surface area (Å²) in [6, 6.07) is 12.4. The molecule has 0 unspecified atom stereocenters. The Bertz CT molecular complexity index is 961. The molecule has 4 rings (SSSR count). The predicted molar refractivity (Wildman–Crippen MR) is 104 cm³/mol. The van der Waals surface area contributed by atoms with Gasteiger partial charge in [-0.1, -0.05) is 17.7 Å². The van der Waals surface area contributed by atoms with E-state index in [1.807, 2.05) is 29.3 Å². The van der Waals surface area contributed by atoms with Crippen molar-refractivity contribution in [2.75, 3.05) is 20.1 Å². The zero-order valence-electron chi connectivity index (χ0n) is 15.5. The van der Waals surface area contributed by atoms with E-state index in [2.05, 4.69) is 23.5 Å². The number of nitriles is 1. The van der Waals surface area contributed by atoms with Gasteiger partial charge in [0.05, 0.1) is 17.3 Å². The molecule has 1 aliphatic heterocycles. The molecule has 5 nitrogen and oxygen atoms in total. The molecule has 2 amide bonds. The molecule has 5 heteroatoms. The molecule has 0 radical (unpaired) electrons. The molecule has 1 aromatic carbocycles. The van der Waals surface area contributed by atoms with Gasteiger partial charge in [0.1, 0.15) is 0 Å². The van der Waals surface area contributed by atoms with E-state index in [0.717, 1.165) is 31.4 Å². The van der Waals surface area contributed by atoms with Crippen molar-refractivity contribution in [3.8, 4) is 6.07 Å². The van der Waals surface area contributed by atoms with E-state index in [4.69, 9.17) is 4.98 Å². The fourth-order valence-electron chi connectivity index (χ4n) is 4.12. The Kier molecular flexibility index (Phi) is 4.64. The third kappa shape index (κ3) is 3.19. The van der Waals surface area contributed by atoms with E-state index < -0.39 is 0 Å². The number of rotatable bonds is 0. The van der Waals surface area contributed by atoms with Crippen molar-refractivity contribution in [3.05, 3.63) is 70.0 Å². The largest absolute Gasteiger partial charge is 0.341 e. The Morgan fingerprint density at radius 1 is 1.15 bits per heavy atom. The zero-order valence-corrected chi connectivity index (χ0v) is 15.5. The first-order valence-corrected chi connectivity index (χ1v) is 9.37. The Hall–Kier alpha value is -3.13. The molecule has 1 aliphatic carbocycles. The lowest BCUT2D eigenvalue weighted by Gasteiger charge is -2.30. The third-order valence-corrected chi connectivity index (χ3v) is 5.52. The van der Waals surface area contributed by atoms with Gasteiger partial charge in [-0.05, 0) is 60.6 Å². The number of aryl methyl sites for hydroxylation is 2. The number of amides is 2. The number of fused-ring (bicyclic) bond motifs is 2. The average molecular weight is 358 g/mol. The normalized spacial score (nSPS) is 16.1. The molecule has 1 N–H and O–H groups in total. The molecule has 0 saturated carbocycles. The number of nitrogens with one attached hydrogen (secondary N) is 1. The van der Waals surface area contributed by atoms with Crippen LogP contribution >= 0.6 is 0 Å². The van der Waals surface area contributed by atoms with E-state index in [0.29, 0.717) is 18.7 Å². The number of hydrogen-bond acceptors (Lipinski definition) is 3. The monoisotopic (exact) mass is 358 g/mol. The average Bonchev–Trinajstić information content (AvgIpc) is 2.89. The minimum Gasteiger partial charge on any atom is -0.341 e. The van der Waals surface area contributed by atoms with Gasteiger partial charge in [-0.3, -0.25) is 4.98 Å². The first-order valence-electron chi connectivity index (χ1n) is 9.37. The third-order valence-electron chi connectivity index (χ3n) is 5.52. The van der Waals surface area contributed by atoms with Gasteiger partial charge in [0.25, 0.3) is 0 Å². The van der Waals surface area contributed by atoms with Crippen molar-refractivity contribution < 1.29 is 4.79 Å². The van der Waals surface area contributed by atoms with Gasteiger partial charge >= 0.3 is 6.03 Å². The highest BCUT2D eigenvalue weighted by atomic mass is 16.2. The molecule has 1 saturated heterocycles. The number of likely N-dealkylation sites (tertiary alicyclic amines) is 1. The predicted octanol–water partition coefficient (Wildman–Crippen LogP) is 3.29. The maximum absolute atomic E-state index is 11.9. The number of benzene rings is 1. The van der Waals surface area contributed by atoms with Crippen LogP contribution in [0, 0.1) is 11.3 Å². The van der Waals surface area contributed by atoms with Gasteiger partial charge in [0.2, 0.25) is 0 Å². The van der Waals surface area contributed by atoms with Crippen LogP contribution in [0.5, 0.6) is 0 Å². The Morgan fingerprint density at radius 3 is 2.67 bits per heavy atom. The number of hydrogen-bond donors (Lipinski definition) is 1. The SMILES string of the molecule is CNC(=O)N1CCC(=C2c3ccc(C#N)cc3CCc3cccnc32)CC1. The second-order valence-electron chi connectivity index (χ2n) is 7.02. The second kappa shape index (κ2) is 7.24. The van der Waals surface area contributed by atoms with Crippen LogP contribution in [0.4, 0.5) is 4.79 Å². The minimum atomic E-state index is -0.0162. The number of piperidine rings is 1. The Labute approximate surface area is 159 Å². The Morgan fingerprint density at radius 2 is 1.93 bits per heavy atom. The van der Waals surface area contributed by atoms with Gasteiger partial charge in [-0.2, -0.15) is 5.26 Å². The molecule has 0 atom stereocenters. The van der Waals surface area contributed by atoms with E-state index in [1.165, 1.54) is 27.8 Å². The van der Waals surface area contributed by atoms with Crippen molar-refractivity contribution in [2.24, 2.45) is 0 Å². The van der Waals surface area contributed by atoms with Crippen LogP contribution in [0.3, 0.4) is 0 Å². The molecule has 1 aromatic heterocycles. The summed E-state index contributed by atoms with van der Waals surface area (Å²) in [5.41, 5.74) is 7.97. The van der Waals surface area contributed by atoms with Gasteiger partial charge in [0.15, 0.2) is 0 Å². The lowest BCUT2D eigenvalue weighted by atomic mass is 9.88. The summed E-state index contributed by atoms with van der Waals surface area (Å²) in [6.07, 6.45) is 5.38. The summed E-state index contributed by atoms with van der Waals surface area (Å²) in [7, 11) is 1.67. The number of aromatic nitrogens is 1. The van der Waals surface area contributed by atoms with E-state index in [1.54, 1.807) is 7.05 Å². The minimum absolute atomic E-state index is 0.0162. The number of urea groups is 1. The summed E-state index contributed by atoms with van der Waals surface area (Å²) in [6.45, 7) is 1.43. The van der Waals surface area contributed by atoms with E-state index in [9.17, 15) is 10.1 Å². The summed E-state index contributed by atoms with van der Waals surface area (Å²) in [4.78, 5) is 18.5. The van der Waals surface area contributed by atoms with E-state index >= 15 is 0 Å². The second-order valence-corrected chi connectivity index (χ2v) is 7.02. The first-order chi connectivity index (χ1) is 13.2. The van der Waals surface area contributed by atoms with E-state index in [-0.39, 0.29) is 6.03 Å². The van der Waals surface area contributed by atoms with Crippen molar-refractivity contribution in [1.82, 2.24) is 15.2 Å². The maximum Gasteiger partial charge on any atom is 0.317 e. The molecule has 0 bridgehead atoms. The van der Waals surface area contributed by atoms with Crippen LogP contribution in [-0.2, 0) is 12.8 Å². The molecule has 0 spiro atoms. The zero-order chi connectivity index (χ0) is 18.8. The highest BCUT2D eigenvalue weighted by Gasteiger charge is 2.26. The molecular weight excluding hydrogens is 336 g/mol. The summed E-state index contributed by atoms with van der Waals surface area (Å²) < 4.78 is 0. The van der Waals surface area contributed by atoms with Crippen molar-refractivity contribution in [2.45, 2.75) is 25.7 Å². The van der Waals surface area contributed by atoms with Crippen LogP contribution in [0.1, 0.15) is 40.8 Å². The highest BCUT2D eigenvalue weighted by molar-refractivity contribution is 5.85. The first kappa shape index (κ1) is 17.3. The maximum atomic E-state index is 11.9. The quantitative estimate of drug-likeness (QED) is 0.786. The van der Waals surface area contributed by atoms with Crippen LogP contribution in [0.15, 0.2) is 42.1 Å². The fourth-order valence-corrected chi connectivity index (χ4v) is 4.12. The lowest BCUT2D eigenvalue weighted by Crippen LogP contribution is -2.41. The van der Waals surface area contributed by atoms with Crippen LogP contribution in [0.2, 0.25) is 0 Å². The standard InChI is InChI=1S/C22H22N4O/c1-24-22(27)26-11-8-16(9-12-26)20-19-7-4-15(14-23)13-18(19)6-5-17-3-2-10-25-21(17)20/h2-4,7,10,13H,5-6,8-9,11-12H2,1H3,(H,24,27). The molecule has 27 heavy (non-hydrogen) atoms. The number of carbonyl (C=O) groups excluding carboxylic acids is 1. The van der Waals surface area contributed by atoms with Crippen molar-refractivity contribution >= 4 is 11.6 Å². The topological polar surface area (TPSA) is 69.0 Å². The van der Waals surface area contributed by atoms with Crippen LogP contribution in [0.25, 0.3) is 5.57 Å². The molecule has 2 heterocycles. The summed E-state index contributed by atoms with van der Waals surface area (Å²) >= 11 is 0. The highest BCUT2D eigenvalue weighted by Crippen LogP contribution is 2.37. The number of pyridine rings is 1. The molecule has 1 fully saturated rings. The Balaban J connectivity index is 1.82. The van der Waals surface area contributed by atoms with Crippen LogP contribution < -0.4 is 5.32 Å². The van der Waals surface area contributed by atoms with Gasteiger partial charge in [-0.15, -0.1) is 0 Å². The molecular formula is C22H22N4O. The van der Waals surface area contributed by atoms with Gasteiger partial charge in [0, 0.05) is 31.9 Å². The smallest absolute Gasteiger partial charge is 0.317 e. The fraction of sp³-hybridized carbons (Fsp3) is 0.318. The molecule has 2 aliphatic rings. The van der Waals surface area contributed by atoms with Gasteiger partial charge in [-0.25, -0.2) is 4.79 Å². The van der Waals surface area contributed by atoms with Crippen molar-refractivity contribution in [1.29, 1.82) is 5.26 Å². The summed E-state index contributed by atoms with van der Waals surface area (Å²) in [5, 5.41) is 12.0.